The number of ether oxygens (including phenoxy) is 2. The van der Waals surface area contributed by atoms with Crippen molar-refractivity contribution >= 4 is 22.2 Å². The molecule has 1 aromatic rings. The third kappa shape index (κ3) is 2.50. The summed E-state index contributed by atoms with van der Waals surface area (Å²) in [5.41, 5.74) is 0.891. The SMILES string of the molecule is COc1cc(Br)c(C(C)C=O)cc1OC. The smallest absolute Gasteiger partial charge is 0.161 e. The van der Waals surface area contributed by atoms with Gasteiger partial charge in [0.1, 0.15) is 6.29 Å². The van der Waals surface area contributed by atoms with Gasteiger partial charge < -0.3 is 14.3 Å². The zero-order valence-corrected chi connectivity index (χ0v) is 10.5. The van der Waals surface area contributed by atoms with Crippen molar-refractivity contribution in [1.29, 1.82) is 0 Å². The van der Waals surface area contributed by atoms with E-state index in [0.717, 1.165) is 16.3 Å². The Morgan fingerprint density at radius 3 is 2.27 bits per heavy atom. The number of aldehydes is 1. The van der Waals surface area contributed by atoms with Crippen LogP contribution in [0.15, 0.2) is 16.6 Å². The van der Waals surface area contributed by atoms with Gasteiger partial charge in [0, 0.05) is 10.4 Å². The third-order valence-corrected chi connectivity index (χ3v) is 2.88. The van der Waals surface area contributed by atoms with Gasteiger partial charge in [-0.1, -0.05) is 22.9 Å². The van der Waals surface area contributed by atoms with E-state index in [-0.39, 0.29) is 5.92 Å². The van der Waals surface area contributed by atoms with E-state index in [1.165, 1.54) is 0 Å². The third-order valence-electron chi connectivity index (χ3n) is 2.20. The van der Waals surface area contributed by atoms with Gasteiger partial charge in [-0.2, -0.15) is 0 Å². The molecule has 1 unspecified atom stereocenters. The van der Waals surface area contributed by atoms with E-state index in [2.05, 4.69) is 15.9 Å². The molecular weight excluding hydrogens is 260 g/mol. The van der Waals surface area contributed by atoms with E-state index >= 15 is 0 Å². The van der Waals surface area contributed by atoms with Crippen molar-refractivity contribution in [3.8, 4) is 11.5 Å². The molecule has 15 heavy (non-hydrogen) atoms. The first kappa shape index (κ1) is 12.0. The van der Waals surface area contributed by atoms with Crippen LogP contribution in [0.4, 0.5) is 0 Å². The van der Waals surface area contributed by atoms with Gasteiger partial charge in [-0.25, -0.2) is 0 Å². The molecule has 0 spiro atoms. The molecule has 0 aliphatic rings. The second-order valence-electron chi connectivity index (χ2n) is 3.15. The van der Waals surface area contributed by atoms with Crippen LogP contribution in [0.1, 0.15) is 18.4 Å². The van der Waals surface area contributed by atoms with Crippen molar-refractivity contribution in [3.63, 3.8) is 0 Å². The molecule has 0 bridgehead atoms. The molecule has 1 atom stereocenters. The second kappa shape index (κ2) is 5.16. The van der Waals surface area contributed by atoms with Crippen LogP contribution in [-0.4, -0.2) is 20.5 Å². The highest BCUT2D eigenvalue weighted by Crippen LogP contribution is 2.35. The van der Waals surface area contributed by atoms with Crippen LogP contribution in [0.3, 0.4) is 0 Å². The maximum absolute atomic E-state index is 10.7. The lowest BCUT2D eigenvalue weighted by atomic mass is 10.0. The highest BCUT2D eigenvalue weighted by Gasteiger charge is 2.13. The van der Waals surface area contributed by atoms with Gasteiger partial charge in [0.15, 0.2) is 11.5 Å². The summed E-state index contributed by atoms with van der Waals surface area (Å²) in [6.45, 7) is 1.83. The molecule has 3 nitrogen and oxygen atoms in total. The molecule has 0 radical (unpaired) electrons. The Bertz CT molecular complexity index is 363. The fourth-order valence-electron chi connectivity index (χ4n) is 1.29. The van der Waals surface area contributed by atoms with Crippen LogP contribution < -0.4 is 9.47 Å². The highest BCUT2D eigenvalue weighted by molar-refractivity contribution is 9.10. The molecular formula is C11H13BrO3. The molecule has 82 valence electrons. The fourth-order valence-corrected chi connectivity index (χ4v) is 1.98. The summed E-state index contributed by atoms with van der Waals surface area (Å²) in [5, 5.41) is 0. The zero-order valence-electron chi connectivity index (χ0n) is 8.91. The number of carbonyl (C=O) groups is 1. The normalized spacial score (nSPS) is 12.0. The molecule has 1 aromatic carbocycles. The molecule has 0 heterocycles. The molecule has 0 saturated carbocycles. The van der Waals surface area contributed by atoms with Gasteiger partial charge in [0.25, 0.3) is 0 Å². The summed E-state index contributed by atoms with van der Waals surface area (Å²) >= 11 is 3.40. The van der Waals surface area contributed by atoms with Gasteiger partial charge in [-0.05, 0) is 17.7 Å². The van der Waals surface area contributed by atoms with Crippen LogP contribution in [0, 0.1) is 0 Å². The number of hydrogen-bond acceptors (Lipinski definition) is 3. The first-order valence-corrected chi connectivity index (χ1v) is 5.30. The van der Waals surface area contributed by atoms with E-state index in [1.54, 1.807) is 20.3 Å². The predicted octanol–water partition coefficient (Wildman–Crippen LogP) is 2.77. The summed E-state index contributed by atoms with van der Waals surface area (Å²) in [5.74, 6) is 1.11. The Morgan fingerprint density at radius 1 is 1.27 bits per heavy atom. The van der Waals surface area contributed by atoms with E-state index in [0.29, 0.717) is 11.5 Å². The van der Waals surface area contributed by atoms with Gasteiger partial charge in [-0.15, -0.1) is 0 Å². The van der Waals surface area contributed by atoms with Gasteiger partial charge >= 0.3 is 0 Å². The number of carbonyl (C=O) groups excluding carboxylic acids is 1. The molecule has 0 fully saturated rings. The summed E-state index contributed by atoms with van der Waals surface area (Å²) < 4.78 is 11.2. The van der Waals surface area contributed by atoms with Crippen LogP contribution in [0.5, 0.6) is 11.5 Å². The van der Waals surface area contributed by atoms with Crippen molar-refractivity contribution in [1.82, 2.24) is 0 Å². The first-order chi connectivity index (χ1) is 7.13. The van der Waals surface area contributed by atoms with Crippen molar-refractivity contribution in [2.45, 2.75) is 12.8 Å². The van der Waals surface area contributed by atoms with Crippen molar-refractivity contribution in [2.24, 2.45) is 0 Å². The number of methoxy groups -OCH3 is 2. The number of rotatable bonds is 4. The average Bonchev–Trinajstić information content (AvgIpc) is 2.27. The molecule has 0 amide bonds. The first-order valence-electron chi connectivity index (χ1n) is 4.50. The minimum Gasteiger partial charge on any atom is -0.493 e. The second-order valence-corrected chi connectivity index (χ2v) is 4.01. The predicted molar refractivity (Wildman–Crippen MR) is 61.7 cm³/mol. The fraction of sp³-hybridized carbons (Fsp3) is 0.364. The van der Waals surface area contributed by atoms with Crippen LogP contribution in [0.25, 0.3) is 0 Å². The van der Waals surface area contributed by atoms with E-state index in [1.807, 2.05) is 13.0 Å². The summed E-state index contributed by atoms with van der Waals surface area (Å²) in [7, 11) is 3.15. The Morgan fingerprint density at radius 2 is 1.80 bits per heavy atom. The van der Waals surface area contributed by atoms with Crippen molar-refractivity contribution in [2.75, 3.05) is 14.2 Å². The lowest BCUT2D eigenvalue weighted by molar-refractivity contribution is -0.108. The molecule has 0 aliphatic carbocycles. The topological polar surface area (TPSA) is 35.5 Å². The lowest BCUT2D eigenvalue weighted by Crippen LogP contribution is -1.98. The van der Waals surface area contributed by atoms with E-state index in [4.69, 9.17) is 9.47 Å². The minimum atomic E-state index is -0.167. The minimum absolute atomic E-state index is 0.167. The lowest BCUT2D eigenvalue weighted by Gasteiger charge is -2.13. The standard InChI is InChI=1S/C11H13BrO3/c1-7(6-13)8-4-10(14-2)11(15-3)5-9(8)12/h4-7H,1-3H3. The number of halogens is 1. The van der Waals surface area contributed by atoms with E-state index < -0.39 is 0 Å². The van der Waals surface area contributed by atoms with Gasteiger partial charge in [-0.3, -0.25) is 0 Å². The van der Waals surface area contributed by atoms with Gasteiger partial charge in [0.2, 0.25) is 0 Å². The molecule has 0 N–H and O–H groups in total. The largest absolute Gasteiger partial charge is 0.493 e. The van der Waals surface area contributed by atoms with Crippen molar-refractivity contribution < 1.29 is 14.3 Å². The van der Waals surface area contributed by atoms with E-state index in [9.17, 15) is 4.79 Å². The molecule has 1 rings (SSSR count). The summed E-state index contributed by atoms with van der Waals surface area (Å²) in [4.78, 5) is 10.7. The summed E-state index contributed by atoms with van der Waals surface area (Å²) in [6, 6.07) is 3.61. The molecule has 4 heteroatoms. The Labute approximate surface area is 97.5 Å². The monoisotopic (exact) mass is 272 g/mol. The average molecular weight is 273 g/mol. The Hall–Kier alpha value is -1.03. The molecule has 0 saturated heterocycles. The molecule has 0 aromatic heterocycles. The van der Waals surface area contributed by atoms with Gasteiger partial charge in [0.05, 0.1) is 14.2 Å². The van der Waals surface area contributed by atoms with Crippen LogP contribution >= 0.6 is 15.9 Å². The Balaban J connectivity index is 3.25. The molecule has 0 aliphatic heterocycles. The Kier molecular flexibility index (Phi) is 4.15. The van der Waals surface area contributed by atoms with Crippen LogP contribution in [0.2, 0.25) is 0 Å². The maximum Gasteiger partial charge on any atom is 0.161 e. The maximum atomic E-state index is 10.7. The highest BCUT2D eigenvalue weighted by atomic mass is 79.9. The quantitative estimate of drug-likeness (QED) is 0.791. The summed E-state index contributed by atoms with van der Waals surface area (Å²) in [6.07, 6.45) is 0.895. The van der Waals surface area contributed by atoms with Crippen LogP contribution in [-0.2, 0) is 4.79 Å². The number of hydrogen-bond donors (Lipinski definition) is 0. The number of benzene rings is 1. The van der Waals surface area contributed by atoms with Crippen molar-refractivity contribution in [3.05, 3.63) is 22.2 Å². The zero-order chi connectivity index (χ0) is 11.4.